The van der Waals surface area contributed by atoms with Crippen LogP contribution in [0.5, 0.6) is 0 Å². The van der Waals surface area contributed by atoms with Gasteiger partial charge in [0.1, 0.15) is 5.69 Å². The van der Waals surface area contributed by atoms with Gasteiger partial charge in [0.25, 0.3) is 5.56 Å². The first kappa shape index (κ1) is 19.6. The van der Waals surface area contributed by atoms with E-state index in [1.807, 2.05) is 34.9 Å². The Bertz CT molecular complexity index is 1170. The molecule has 2 bridgehead atoms. The number of methoxy groups -OCH3 is 1. The number of aromatic nitrogens is 3. The number of carbonyl (C=O) groups excluding carboxylic acids is 1. The summed E-state index contributed by atoms with van der Waals surface area (Å²) in [6.07, 6.45) is 2.83. The molecule has 2 atom stereocenters. The molecule has 1 saturated heterocycles. The SMILES string of the molecule is COC(=O)c1cccc(CN2C[C@@H]3C[C@H](C2)c2cc(-c4ccccn4)cc(=O)n2C3)n1. The maximum Gasteiger partial charge on any atom is 0.356 e. The second-order valence-electron chi connectivity index (χ2n) is 8.33. The molecule has 7 heteroatoms. The molecule has 3 aromatic heterocycles. The standard InChI is InChI=1S/C24H24N4O3/c1-31-24(30)21-7-4-5-19(26-21)15-27-12-16-9-18(14-27)22-10-17(11-23(29)28(22)13-16)20-6-2-3-8-25-20/h2-8,10-11,16,18H,9,12-15H2,1H3/t16-,18+/m0/s1. The molecule has 3 aromatic rings. The maximum atomic E-state index is 12.9. The molecule has 5 heterocycles. The van der Waals surface area contributed by atoms with Gasteiger partial charge in [0, 0.05) is 55.6 Å². The lowest BCUT2D eigenvalue weighted by atomic mass is 9.82. The summed E-state index contributed by atoms with van der Waals surface area (Å²) in [5.74, 6) is 0.286. The number of pyridine rings is 3. The van der Waals surface area contributed by atoms with Crippen LogP contribution in [-0.4, -0.2) is 45.6 Å². The van der Waals surface area contributed by atoms with Crippen molar-refractivity contribution < 1.29 is 9.53 Å². The Balaban J connectivity index is 1.41. The van der Waals surface area contributed by atoms with Crippen molar-refractivity contribution in [3.05, 3.63) is 82.2 Å². The molecule has 5 rings (SSSR count). The summed E-state index contributed by atoms with van der Waals surface area (Å²) in [5.41, 5.74) is 4.01. The zero-order valence-electron chi connectivity index (χ0n) is 17.4. The minimum Gasteiger partial charge on any atom is -0.464 e. The molecule has 0 aromatic carbocycles. The lowest BCUT2D eigenvalue weighted by Crippen LogP contribution is -2.46. The Morgan fingerprint density at radius 1 is 1.13 bits per heavy atom. The molecule has 0 spiro atoms. The van der Waals surface area contributed by atoms with Crippen LogP contribution in [0.25, 0.3) is 11.3 Å². The molecular weight excluding hydrogens is 392 g/mol. The monoisotopic (exact) mass is 416 g/mol. The highest BCUT2D eigenvalue weighted by molar-refractivity contribution is 5.87. The number of hydrogen-bond acceptors (Lipinski definition) is 6. The van der Waals surface area contributed by atoms with Crippen molar-refractivity contribution in [2.24, 2.45) is 5.92 Å². The van der Waals surface area contributed by atoms with Gasteiger partial charge in [-0.3, -0.25) is 14.7 Å². The van der Waals surface area contributed by atoms with Gasteiger partial charge in [0.05, 0.1) is 18.5 Å². The van der Waals surface area contributed by atoms with Crippen LogP contribution in [0.15, 0.2) is 59.5 Å². The topological polar surface area (TPSA) is 77.3 Å². The Labute approximate surface area is 180 Å². The number of hydrogen-bond donors (Lipinski definition) is 0. The number of nitrogens with zero attached hydrogens (tertiary/aromatic N) is 4. The summed E-state index contributed by atoms with van der Waals surface area (Å²) in [4.78, 5) is 35.9. The Kier molecular flexibility index (Phi) is 5.11. The van der Waals surface area contributed by atoms with Crippen molar-refractivity contribution in [2.45, 2.75) is 25.4 Å². The number of ether oxygens (including phenoxy) is 1. The van der Waals surface area contributed by atoms with E-state index in [4.69, 9.17) is 4.74 Å². The first-order valence-electron chi connectivity index (χ1n) is 10.5. The maximum absolute atomic E-state index is 12.9. The average molecular weight is 416 g/mol. The number of likely N-dealkylation sites (tertiary alicyclic amines) is 1. The van der Waals surface area contributed by atoms with E-state index in [9.17, 15) is 9.59 Å². The van der Waals surface area contributed by atoms with Crippen LogP contribution in [0.1, 0.15) is 34.2 Å². The van der Waals surface area contributed by atoms with E-state index in [1.165, 1.54) is 7.11 Å². The predicted octanol–water partition coefficient (Wildman–Crippen LogP) is 2.71. The molecule has 7 nitrogen and oxygen atoms in total. The van der Waals surface area contributed by atoms with Gasteiger partial charge in [-0.15, -0.1) is 0 Å². The van der Waals surface area contributed by atoms with E-state index in [0.29, 0.717) is 18.2 Å². The fourth-order valence-corrected chi connectivity index (χ4v) is 4.88. The molecule has 2 aliphatic heterocycles. The van der Waals surface area contributed by atoms with Gasteiger partial charge in [0.15, 0.2) is 0 Å². The molecular formula is C24H24N4O3. The minimum atomic E-state index is -0.423. The van der Waals surface area contributed by atoms with Crippen molar-refractivity contribution in [1.82, 2.24) is 19.4 Å². The Morgan fingerprint density at radius 2 is 2.03 bits per heavy atom. The van der Waals surface area contributed by atoms with E-state index < -0.39 is 5.97 Å². The van der Waals surface area contributed by atoms with Gasteiger partial charge in [-0.25, -0.2) is 9.78 Å². The van der Waals surface area contributed by atoms with E-state index >= 15 is 0 Å². The van der Waals surface area contributed by atoms with Crippen LogP contribution < -0.4 is 5.56 Å². The van der Waals surface area contributed by atoms with Gasteiger partial charge in [-0.1, -0.05) is 12.1 Å². The van der Waals surface area contributed by atoms with Crippen LogP contribution in [0, 0.1) is 5.92 Å². The Morgan fingerprint density at radius 3 is 2.84 bits per heavy atom. The molecule has 0 saturated carbocycles. The van der Waals surface area contributed by atoms with Crippen LogP contribution >= 0.6 is 0 Å². The molecule has 0 radical (unpaired) electrons. The van der Waals surface area contributed by atoms with Gasteiger partial charge in [0.2, 0.25) is 0 Å². The van der Waals surface area contributed by atoms with Crippen LogP contribution in [0.4, 0.5) is 0 Å². The highest BCUT2D eigenvalue weighted by Crippen LogP contribution is 2.36. The summed E-state index contributed by atoms with van der Waals surface area (Å²) in [7, 11) is 1.36. The zero-order valence-corrected chi connectivity index (χ0v) is 17.4. The lowest BCUT2D eigenvalue weighted by Gasteiger charge is -2.42. The molecule has 0 amide bonds. The molecule has 31 heavy (non-hydrogen) atoms. The van der Waals surface area contributed by atoms with Crippen LogP contribution in [0.2, 0.25) is 0 Å². The first-order valence-corrected chi connectivity index (χ1v) is 10.5. The molecule has 2 aliphatic rings. The summed E-state index contributed by atoms with van der Waals surface area (Å²) < 4.78 is 6.73. The van der Waals surface area contributed by atoms with Crippen molar-refractivity contribution >= 4 is 5.97 Å². The second-order valence-corrected chi connectivity index (χ2v) is 8.33. The normalized spacial score (nSPS) is 20.2. The number of esters is 1. The zero-order chi connectivity index (χ0) is 21.4. The van der Waals surface area contributed by atoms with Crippen LogP contribution in [0.3, 0.4) is 0 Å². The quantitative estimate of drug-likeness (QED) is 0.609. The fraction of sp³-hybridized carbons (Fsp3) is 0.333. The third kappa shape index (κ3) is 3.88. The van der Waals surface area contributed by atoms with Crippen molar-refractivity contribution in [1.29, 1.82) is 0 Å². The van der Waals surface area contributed by atoms with Crippen molar-refractivity contribution in [3.63, 3.8) is 0 Å². The van der Waals surface area contributed by atoms with Gasteiger partial charge in [-0.05, 0) is 42.7 Å². The smallest absolute Gasteiger partial charge is 0.356 e. The number of piperidine rings is 1. The Hall–Kier alpha value is -3.32. The first-order chi connectivity index (χ1) is 15.1. The van der Waals surface area contributed by atoms with E-state index in [0.717, 1.165) is 48.7 Å². The molecule has 0 unspecified atom stereocenters. The summed E-state index contributed by atoms with van der Waals surface area (Å²) in [5, 5.41) is 0. The summed E-state index contributed by atoms with van der Waals surface area (Å²) in [6, 6.07) is 15.0. The molecule has 0 N–H and O–H groups in total. The highest BCUT2D eigenvalue weighted by atomic mass is 16.5. The third-order valence-electron chi connectivity index (χ3n) is 6.18. The van der Waals surface area contributed by atoms with Crippen molar-refractivity contribution in [3.8, 4) is 11.3 Å². The number of rotatable bonds is 4. The third-order valence-corrected chi connectivity index (χ3v) is 6.18. The largest absolute Gasteiger partial charge is 0.464 e. The summed E-state index contributed by atoms with van der Waals surface area (Å²) in [6.45, 7) is 3.17. The number of fused-ring (bicyclic) bond motifs is 4. The molecule has 0 aliphatic carbocycles. The van der Waals surface area contributed by atoms with Gasteiger partial charge >= 0.3 is 5.97 Å². The summed E-state index contributed by atoms with van der Waals surface area (Å²) >= 11 is 0. The fourth-order valence-electron chi connectivity index (χ4n) is 4.88. The van der Waals surface area contributed by atoms with Gasteiger partial charge in [-0.2, -0.15) is 0 Å². The second kappa shape index (κ2) is 8.07. The lowest BCUT2D eigenvalue weighted by molar-refractivity contribution is 0.0593. The van der Waals surface area contributed by atoms with E-state index in [1.54, 1.807) is 18.3 Å². The van der Waals surface area contributed by atoms with E-state index in [2.05, 4.69) is 20.9 Å². The average Bonchev–Trinajstić information content (AvgIpc) is 2.80. The van der Waals surface area contributed by atoms with Crippen molar-refractivity contribution in [2.75, 3.05) is 20.2 Å². The molecule has 1 fully saturated rings. The highest BCUT2D eigenvalue weighted by Gasteiger charge is 2.35. The van der Waals surface area contributed by atoms with Crippen LogP contribution in [-0.2, 0) is 17.8 Å². The van der Waals surface area contributed by atoms with E-state index in [-0.39, 0.29) is 11.5 Å². The van der Waals surface area contributed by atoms with Gasteiger partial charge < -0.3 is 9.30 Å². The molecule has 158 valence electrons. The predicted molar refractivity (Wildman–Crippen MR) is 116 cm³/mol. The minimum absolute atomic E-state index is 0.0498. The number of carbonyl (C=O) groups is 1.